The number of halogens is 2. The highest BCUT2D eigenvalue weighted by Gasteiger charge is 2.15. The lowest BCUT2D eigenvalue weighted by atomic mass is 10.2. The van der Waals surface area contributed by atoms with E-state index < -0.39 is 11.6 Å². The van der Waals surface area contributed by atoms with Crippen LogP contribution in [0.2, 0.25) is 0 Å². The zero-order valence-electron chi connectivity index (χ0n) is 10.3. The van der Waals surface area contributed by atoms with Gasteiger partial charge in [-0.2, -0.15) is 5.10 Å². The van der Waals surface area contributed by atoms with Crippen LogP contribution < -0.4 is 10.7 Å². The molecule has 1 aromatic rings. The fourth-order valence-corrected chi connectivity index (χ4v) is 1.31. The van der Waals surface area contributed by atoms with Gasteiger partial charge < -0.3 is 5.73 Å². The van der Waals surface area contributed by atoms with Crippen LogP contribution in [0.25, 0.3) is 0 Å². The van der Waals surface area contributed by atoms with Gasteiger partial charge in [-0.25, -0.2) is 13.8 Å². The number of hydrogen-bond acceptors (Lipinski definition) is 3. The molecule has 0 bridgehead atoms. The van der Waals surface area contributed by atoms with Gasteiger partial charge in [0.2, 0.25) is 0 Å². The first-order valence-electron chi connectivity index (χ1n) is 5.32. The van der Waals surface area contributed by atoms with Crippen LogP contribution in [0.3, 0.4) is 0 Å². The fourth-order valence-electron chi connectivity index (χ4n) is 1.31. The van der Waals surface area contributed by atoms with E-state index in [1.165, 1.54) is 23.5 Å². The lowest BCUT2D eigenvalue weighted by molar-refractivity contribution is 0.582. The average molecular weight is 251 g/mol. The molecule has 0 saturated heterocycles. The summed E-state index contributed by atoms with van der Waals surface area (Å²) >= 11 is 0. The van der Waals surface area contributed by atoms with Gasteiger partial charge in [0.15, 0.2) is 5.82 Å². The van der Waals surface area contributed by atoms with Crippen LogP contribution in [0.1, 0.15) is 13.8 Å². The summed E-state index contributed by atoms with van der Waals surface area (Å²) in [7, 11) is 0. The van der Waals surface area contributed by atoms with Crippen molar-refractivity contribution < 1.29 is 8.78 Å². The molecule has 18 heavy (non-hydrogen) atoms. The minimum Gasteiger partial charge on any atom is -0.404 e. The largest absolute Gasteiger partial charge is 0.404 e. The van der Waals surface area contributed by atoms with Crippen molar-refractivity contribution in [1.82, 2.24) is 0 Å². The lowest BCUT2D eigenvalue weighted by Crippen LogP contribution is -2.17. The molecule has 0 unspecified atom stereocenters. The van der Waals surface area contributed by atoms with Gasteiger partial charge in [-0.1, -0.05) is 6.58 Å². The molecular weight excluding hydrogens is 236 g/mol. The number of anilines is 1. The Morgan fingerprint density at radius 2 is 2.11 bits per heavy atom. The molecule has 0 aliphatic heterocycles. The molecule has 0 aromatic heterocycles. The Balaban J connectivity index is 3.24. The van der Waals surface area contributed by atoms with E-state index >= 15 is 0 Å². The Morgan fingerprint density at radius 1 is 1.44 bits per heavy atom. The maximum atomic E-state index is 13.7. The predicted molar refractivity (Wildman–Crippen MR) is 70.1 cm³/mol. The third kappa shape index (κ3) is 2.94. The summed E-state index contributed by atoms with van der Waals surface area (Å²) in [6, 6.07) is 3.25. The van der Waals surface area contributed by atoms with Gasteiger partial charge in [0.25, 0.3) is 0 Å². The zero-order valence-corrected chi connectivity index (χ0v) is 10.3. The first kappa shape index (κ1) is 13.9. The first-order valence-corrected chi connectivity index (χ1v) is 5.32. The van der Waals surface area contributed by atoms with Crippen molar-refractivity contribution in [2.24, 2.45) is 10.8 Å². The molecular formula is C13H15F2N3. The Morgan fingerprint density at radius 3 is 2.61 bits per heavy atom. The quantitative estimate of drug-likeness (QED) is 0.507. The van der Waals surface area contributed by atoms with E-state index in [9.17, 15) is 8.78 Å². The third-order valence-electron chi connectivity index (χ3n) is 2.33. The van der Waals surface area contributed by atoms with Crippen molar-refractivity contribution in [3.8, 4) is 0 Å². The highest BCUT2D eigenvalue weighted by Crippen LogP contribution is 2.26. The first-order chi connectivity index (χ1) is 8.51. The number of nitrogens with zero attached hydrogens (tertiary/aromatic N) is 2. The Kier molecular flexibility index (Phi) is 4.59. The number of benzene rings is 1. The van der Waals surface area contributed by atoms with Gasteiger partial charge in [-0.3, -0.25) is 0 Å². The molecule has 0 radical (unpaired) electrons. The Bertz CT molecular complexity index is 507. The molecule has 96 valence electrons. The molecule has 3 nitrogen and oxygen atoms in total. The minimum absolute atomic E-state index is 0.112. The number of nitrogens with two attached hydrogens (primary N) is 1. The van der Waals surface area contributed by atoms with Crippen molar-refractivity contribution in [3.63, 3.8) is 0 Å². The molecule has 2 N–H and O–H groups in total. The van der Waals surface area contributed by atoms with Gasteiger partial charge in [-0.15, -0.1) is 0 Å². The van der Waals surface area contributed by atoms with Crippen LogP contribution in [-0.4, -0.2) is 6.21 Å². The van der Waals surface area contributed by atoms with E-state index in [1.807, 2.05) is 0 Å². The molecule has 5 heteroatoms. The second kappa shape index (κ2) is 5.95. The Hall–Kier alpha value is -2.17. The van der Waals surface area contributed by atoms with Crippen LogP contribution in [0.5, 0.6) is 0 Å². The molecule has 0 amide bonds. The van der Waals surface area contributed by atoms with Gasteiger partial charge in [0.1, 0.15) is 11.5 Å². The summed E-state index contributed by atoms with van der Waals surface area (Å²) in [6.45, 7) is 7.20. The third-order valence-corrected chi connectivity index (χ3v) is 2.33. The van der Waals surface area contributed by atoms with Crippen LogP contribution in [0, 0.1) is 11.6 Å². The number of allylic oxidation sites excluding steroid dienone is 1. The van der Waals surface area contributed by atoms with Crippen molar-refractivity contribution in [2.75, 3.05) is 5.01 Å². The number of hydrazone groups is 1. The van der Waals surface area contributed by atoms with Gasteiger partial charge >= 0.3 is 0 Å². The molecule has 0 heterocycles. The molecule has 0 saturated carbocycles. The van der Waals surface area contributed by atoms with Crippen molar-refractivity contribution in [3.05, 3.63) is 53.9 Å². The van der Waals surface area contributed by atoms with Crippen LogP contribution >= 0.6 is 0 Å². The predicted octanol–water partition coefficient (Wildman–Crippen LogP) is 3.15. The molecule has 1 aromatic carbocycles. The molecule has 0 spiro atoms. The fraction of sp³-hybridized carbons (Fsp3) is 0.154. The Labute approximate surface area is 105 Å². The van der Waals surface area contributed by atoms with Gasteiger partial charge in [0.05, 0.1) is 5.70 Å². The number of hydrogen-bond donors (Lipinski definition) is 1. The van der Waals surface area contributed by atoms with E-state index in [-0.39, 0.29) is 5.69 Å². The molecule has 0 aliphatic carbocycles. The molecule has 1 rings (SSSR count). The van der Waals surface area contributed by atoms with E-state index in [0.29, 0.717) is 11.3 Å². The van der Waals surface area contributed by atoms with Crippen molar-refractivity contribution >= 4 is 11.9 Å². The smallest absolute Gasteiger partial charge is 0.151 e. The molecule has 0 atom stereocenters. The maximum Gasteiger partial charge on any atom is 0.151 e. The molecule has 0 aliphatic rings. The van der Waals surface area contributed by atoms with E-state index in [1.54, 1.807) is 13.8 Å². The standard InChI is InChI=1S/C13H15F2N3/c1-4-17-18(10(3)9(2)8-16)13-6-5-11(14)7-12(13)15/h4-8H,3,16H2,1-2H3/b9-8+,17-4-. The van der Waals surface area contributed by atoms with Crippen LogP contribution in [-0.2, 0) is 0 Å². The zero-order chi connectivity index (χ0) is 13.7. The summed E-state index contributed by atoms with van der Waals surface area (Å²) in [6.07, 6.45) is 2.83. The monoisotopic (exact) mass is 251 g/mol. The summed E-state index contributed by atoms with van der Waals surface area (Å²) in [5.41, 5.74) is 6.56. The topological polar surface area (TPSA) is 41.6 Å². The second-order valence-corrected chi connectivity index (χ2v) is 3.58. The SMILES string of the molecule is C=C(/C(C)=C/N)N(/N=C\C)c1ccc(F)cc1F. The van der Waals surface area contributed by atoms with Crippen LogP contribution in [0.4, 0.5) is 14.5 Å². The van der Waals surface area contributed by atoms with Crippen molar-refractivity contribution in [2.45, 2.75) is 13.8 Å². The number of rotatable bonds is 4. The van der Waals surface area contributed by atoms with E-state index in [4.69, 9.17) is 5.73 Å². The highest BCUT2D eigenvalue weighted by molar-refractivity contribution is 5.62. The average Bonchev–Trinajstić information content (AvgIpc) is 2.35. The summed E-state index contributed by atoms with van der Waals surface area (Å²) in [5.74, 6) is -1.36. The van der Waals surface area contributed by atoms with Crippen LogP contribution in [0.15, 0.2) is 47.3 Å². The van der Waals surface area contributed by atoms with E-state index in [0.717, 1.165) is 12.1 Å². The van der Waals surface area contributed by atoms with E-state index in [2.05, 4.69) is 11.7 Å². The maximum absolute atomic E-state index is 13.7. The lowest BCUT2D eigenvalue weighted by Gasteiger charge is -2.22. The van der Waals surface area contributed by atoms with Crippen molar-refractivity contribution in [1.29, 1.82) is 0 Å². The molecule has 0 fully saturated rings. The summed E-state index contributed by atoms with van der Waals surface area (Å²) < 4.78 is 26.6. The summed E-state index contributed by atoms with van der Waals surface area (Å²) in [4.78, 5) is 0. The second-order valence-electron chi connectivity index (χ2n) is 3.58. The highest BCUT2D eigenvalue weighted by atomic mass is 19.1. The van der Waals surface area contributed by atoms with Gasteiger partial charge in [0, 0.05) is 12.3 Å². The summed E-state index contributed by atoms with van der Waals surface area (Å²) in [5, 5.41) is 5.28. The van der Waals surface area contributed by atoms with Gasteiger partial charge in [-0.05, 0) is 37.8 Å². The normalized spacial score (nSPS) is 11.9. The minimum atomic E-state index is -0.716.